The van der Waals surface area contributed by atoms with Crippen molar-refractivity contribution in [3.05, 3.63) is 40.0 Å². The van der Waals surface area contributed by atoms with Gasteiger partial charge in [-0.3, -0.25) is 4.79 Å². The minimum atomic E-state index is -1.16. The summed E-state index contributed by atoms with van der Waals surface area (Å²) in [5.41, 5.74) is 2.84. The van der Waals surface area contributed by atoms with Crippen LogP contribution < -0.4 is 4.74 Å². The number of aromatic hydroxyl groups is 1. The Labute approximate surface area is 166 Å². The van der Waals surface area contributed by atoms with Gasteiger partial charge in [0.15, 0.2) is 0 Å². The summed E-state index contributed by atoms with van der Waals surface area (Å²) in [4.78, 5) is 23.3. The van der Waals surface area contributed by atoms with Gasteiger partial charge < -0.3 is 14.9 Å². The molecule has 152 valence electrons. The van der Waals surface area contributed by atoms with Gasteiger partial charge in [0.25, 0.3) is 0 Å². The second kappa shape index (κ2) is 9.09. The van der Waals surface area contributed by atoms with Crippen LogP contribution in [0.2, 0.25) is 0 Å². The molecule has 5 heteroatoms. The molecule has 0 unspecified atom stereocenters. The van der Waals surface area contributed by atoms with Gasteiger partial charge in [-0.2, -0.15) is 0 Å². The maximum Gasteiger partial charge on any atom is 0.339 e. The van der Waals surface area contributed by atoms with E-state index in [-0.39, 0.29) is 23.2 Å². The molecule has 1 heterocycles. The molecule has 1 aliphatic rings. The number of Topliss-reactive ketones (excluding diaryl/α,β-unsaturated/α-hetero) is 1. The number of aromatic carboxylic acids is 1. The number of aryl methyl sites for hydroxylation is 1. The highest BCUT2D eigenvalue weighted by atomic mass is 16.5. The van der Waals surface area contributed by atoms with E-state index in [0.29, 0.717) is 42.1 Å². The molecule has 0 radical (unpaired) electrons. The van der Waals surface area contributed by atoms with Crippen LogP contribution in [0.25, 0.3) is 6.08 Å². The summed E-state index contributed by atoms with van der Waals surface area (Å²) in [6, 6.07) is 1.66. The molecule has 0 aliphatic carbocycles. The van der Waals surface area contributed by atoms with Crippen LogP contribution in [0.5, 0.6) is 11.5 Å². The van der Waals surface area contributed by atoms with Gasteiger partial charge in [-0.05, 0) is 62.8 Å². The number of hydrogen-bond acceptors (Lipinski definition) is 4. The monoisotopic (exact) mass is 386 g/mol. The number of carbonyl (C=O) groups is 2. The summed E-state index contributed by atoms with van der Waals surface area (Å²) in [6.07, 6.45) is 6.30. The highest BCUT2D eigenvalue weighted by Gasteiger charge is 2.25. The summed E-state index contributed by atoms with van der Waals surface area (Å²) >= 11 is 0. The van der Waals surface area contributed by atoms with Crippen LogP contribution >= 0.6 is 0 Å². The number of ether oxygens (including phenoxy) is 1. The van der Waals surface area contributed by atoms with Gasteiger partial charge in [-0.15, -0.1) is 0 Å². The SMILES string of the molecule is C/C(=C\CCC1=Cc2c(cc(C)c(C(=O)O)c2O)O[C@@H]1C)CC(=O)CC(C)C. The Morgan fingerprint density at radius 1 is 1.32 bits per heavy atom. The summed E-state index contributed by atoms with van der Waals surface area (Å²) in [5.74, 6) is -0.276. The number of benzene rings is 1. The predicted molar refractivity (Wildman–Crippen MR) is 110 cm³/mol. The molecule has 0 saturated carbocycles. The molecule has 0 spiro atoms. The Morgan fingerprint density at radius 3 is 2.61 bits per heavy atom. The molecule has 1 aliphatic heterocycles. The summed E-state index contributed by atoms with van der Waals surface area (Å²) in [6.45, 7) is 9.63. The molecule has 1 atom stereocenters. The molecule has 0 amide bonds. The number of fused-ring (bicyclic) bond motifs is 1. The largest absolute Gasteiger partial charge is 0.506 e. The molecule has 5 nitrogen and oxygen atoms in total. The minimum absolute atomic E-state index is 0.0908. The van der Waals surface area contributed by atoms with Crippen LogP contribution in [-0.4, -0.2) is 28.1 Å². The van der Waals surface area contributed by atoms with E-state index in [1.807, 2.05) is 33.8 Å². The number of carboxylic acids is 1. The lowest BCUT2D eigenvalue weighted by atomic mass is 9.94. The third-order valence-corrected chi connectivity index (χ3v) is 4.91. The van der Waals surface area contributed by atoms with Crippen molar-refractivity contribution in [2.45, 2.75) is 66.4 Å². The molecule has 1 aromatic carbocycles. The third kappa shape index (κ3) is 5.24. The standard InChI is InChI=1S/C23H30O5/c1-13(2)9-18(24)10-14(3)7-6-8-17-12-19-20(28-16(17)5)11-15(4)21(22(19)25)23(26)27/h7,11-13,16,25H,6,8-10H2,1-5H3,(H,26,27)/b14-7+/t16-/m1/s1. The third-order valence-electron chi connectivity index (χ3n) is 4.91. The van der Waals surface area contributed by atoms with Crippen molar-refractivity contribution < 1.29 is 24.5 Å². The van der Waals surface area contributed by atoms with E-state index in [1.165, 1.54) is 0 Å². The fourth-order valence-corrected chi connectivity index (χ4v) is 3.53. The number of ketones is 1. The van der Waals surface area contributed by atoms with Gasteiger partial charge in [0.05, 0.1) is 5.56 Å². The number of carbonyl (C=O) groups excluding carboxylic acids is 1. The Kier molecular flexibility index (Phi) is 7.05. The first-order valence-corrected chi connectivity index (χ1v) is 9.74. The van der Waals surface area contributed by atoms with Crippen molar-refractivity contribution in [3.8, 4) is 11.5 Å². The number of carboxylic acid groups (broad SMARTS) is 1. The Bertz CT molecular complexity index is 830. The van der Waals surface area contributed by atoms with Gasteiger partial charge in [-0.1, -0.05) is 25.5 Å². The lowest BCUT2D eigenvalue weighted by molar-refractivity contribution is -0.119. The van der Waals surface area contributed by atoms with Gasteiger partial charge in [0, 0.05) is 12.8 Å². The topological polar surface area (TPSA) is 83.8 Å². The van der Waals surface area contributed by atoms with Crippen molar-refractivity contribution in [1.29, 1.82) is 0 Å². The predicted octanol–water partition coefficient (Wildman–Crippen LogP) is 5.29. The van der Waals surface area contributed by atoms with Gasteiger partial charge in [0.2, 0.25) is 0 Å². The molecule has 2 rings (SSSR count). The molecule has 0 bridgehead atoms. The van der Waals surface area contributed by atoms with Crippen molar-refractivity contribution >= 4 is 17.8 Å². The molecule has 0 fully saturated rings. The van der Waals surface area contributed by atoms with Crippen molar-refractivity contribution in [2.75, 3.05) is 0 Å². The zero-order valence-corrected chi connectivity index (χ0v) is 17.3. The van der Waals surface area contributed by atoms with E-state index in [0.717, 1.165) is 17.6 Å². The summed E-state index contributed by atoms with van der Waals surface area (Å²) in [7, 11) is 0. The van der Waals surface area contributed by atoms with Crippen LogP contribution in [-0.2, 0) is 4.79 Å². The van der Waals surface area contributed by atoms with E-state index >= 15 is 0 Å². The fourth-order valence-electron chi connectivity index (χ4n) is 3.53. The van der Waals surface area contributed by atoms with Gasteiger partial charge in [-0.25, -0.2) is 4.79 Å². The average Bonchev–Trinajstić information content (AvgIpc) is 2.54. The molecule has 0 saturated heterocycles. The molecule has 0 aromatic heterocycles. The van der Waals surface area contributed by atoms with Gasteiger partial charge >= 0.3 is 5.97 Å². The zero-order valence-electron chi connectivity index (χ0n) is 17.3. The molecule has 1 aromatic rings. The van der Waals surface area contributed by atoms with Crippen LogP contribution in [0.1, 0.15) is 74.9 Å². The molecular weight excluding hydrogens is 356 g/mol. The first-order valence-electron chi connectivity index (χ1n) is 9.74. The maximum absolute atomic E-state index is 11.9. The summed E-state index contributed by atoms with van der Waals surface area (Å²) in [5, 5.41) is 19.8. The van der Waals surface area contributed by atoms with Crippen LogP contribution in [0.15, 0.2) is 23.3 Å². The number of allylic oxidation sites excluding steroid dienone is 2. The van der Waals surface area contributed by atoms with Gasteiger partial charge in [0.1, 0.15) is 28.9 Å². The Morgan fingerprint density at radius 2 is 2.00 bits per heavy atom. The average molecular weight is 386 g/mol. The second-order valence-corrected chi connectivity index (χ2v) is 8.02. The molecular formula is C23H30O5. The second-order valence-electron chi connectivity index (χ2n) is 8.02. The van der Waals surface area contributed by atoms with E-state index < -0.39 is 5.97 Å². The number of rotatable bonds is 8. The van der Waals surface area contributed by atoms with E-state index in [4.69, 9.17) is 4.74 Å². The normalized spacial score (nSPS) is 16.4. The van der Waals surface area contributed by atoms with Crippen LogP contribution in [0, 0.1) is 12.8 Å². The molecule has 28 heavy (non-hydrogen) atoms. The van der Waals surface area contributed by atoms with E-state index in [1.54, 1.807) is 13.0 Å². The van der Waals surface area contributed by atoms with Crippen LogP contribution in [0.3, 0.4) is 0 Å². The minimum Gasteiger partial charge on any atom is -0.506 e. The van der Waals surface area contributed by atoms with E-state index in [9.17, 15) is 19.8 Å². The number of hydrogen-bond donors (Lipinski definition) is 2. The van der Waals surface area contributed by atoms with E-state index in [2.05, 4.69) is 6.08 Å². The zero-order chi connectivity index (χ0) is 21.0. The summed E-state index contributed by atoms with van der Waals surface area (Å²) < 4.78 is 5.91. The maximum atomic E-state index is 11.9. The Balaban J connectivity index is 2.13. The highest BCUT2D eigenvalue weighted by molar-refractivity contribution is 5.95. The fraction of sp³-hybridized carbons (Fsp3) is 0.478. The first-order chi connectivity index (χ1) is 13.1. The Hall–Kier alpha value is -2.56. The van der Waals surface area contributed by atoms with Crippen molar-refractivity contribution in [2.24, 2.45) is 5.92 Å². The van der Waals surface area contributed by atoms with Crippen molar-refractivity contribution in [3.63, 3.8) is 0 Å². The molecule has 2 N–H and O–H groups in total. The lowest BCUT2D eigenvalue weighted by Crippen LogP contribution is -2.19. The number of phenols is 1. The first kappa shape index (κ1) is 21.7. The van der Waals surface area contributed by atoms with Crippen LogP contribution in [0.4, 0.5) is 0 Å². The highest BCUT2D eigenvalue weighted by Crippen LogP contribution is 2.40. The lowest BCUT2D eigenvalue weighted by Gasteiger charge is -2.26. The smallest absolute Gasteiger partial charge is 0.339 e. The van der Waals surface area contributed by atoms with Crippen molar-refractivity contribution in [1.82, 2.24) is 0 Å². The quantitative estimate of drug-likeness (QED) is 0.593.